The van der Waals surface area contributed by atoms with Crippen molar-refractivity contribution in [3.63, 3.8) is 0 Å². The summed E-state index contributed by atoms with van der Waals surface area (Å²) in [5.74, 6) is -0.451. The molecule has 1 heterocycles. The summed E-state index contributed by atoms with van der Waals surface area (Å²) in [6, 6.07) is 15.5. The van der Waals surface area contributed by atoms with Gasteiger partial charge in [-0.3, -0.25) is 14.9 Å². The molecule has 1 aromatic heterocycles. The Morgan fingerprint density at radius 2 is 2.00 bits per heavy atom. The fourth-order valence-electron chi connectivity index (χ4n) is 2.60. The smallest absolute Gasteiger partial charge is 0.270 e. The number of nitriles is 1. The quantitative estimate of drug-likeness (QED) is 0.288. The summed E-state index contributed by atoms with van der Waals surface area (Å²) in [6.07, 6.45) is 1.26. The zero-order valence-electron chi connectivity index (χ0n) is 15.2. The SMILES string of the molecule is Cc1ccccc1NC(=O)/C(C#N)=C\c1ccc(-c2cc([N+](=O)[O-])ccc2O)o1. The van der Waals surface area contributed by atoms with E-state index >= 15 is 0 Å². The first-order chi connectivity index (χ1) is 13.9. The van der Waals surface area contributed by atoms with Crippen LogP contribution in [0.15, 0.2) is 64.6 Å². The summed E-state index contributed by atoms with van der Waals surface area (Å²) in [5, 5.41) is 32.9. The molecule has 8 heteroatoms. The van der Waals surface area contributed by atoms with Crippen molar-refractivity contribution in [2.75, 3.05) is 5.32 Å². The van der Waals surface area contributed by atoms with Crippen LogP contribution in [0.5, 0.6) is 5.75 Å². The molecular weight excluding hydrogens is 374 g/mol. The van der Waals surface area contributed by atoms with Crippen LogP contribution in [0.2, 0.25) is 0 Å². The molecule has 0 aliphatic rings. The van der Waals surface area contributed by atoms with Gasteiger partial charge in [0.1, 0.15) is 28.9 Å². The third-order valence-electron chi connectivity index (χ3n) is 4.13. The van der Waals surface area contributed by atoms with E-state index in [1.165, 1.54) is 36.4 Å². The first-order valence-electron chi connectivity index (χ1n) is 8.45. The zero-order valence-corrected chi connectivity index (χ0v) is 15.2. The Hall–Kier alpha value is -4.38. The third kappa shape index (κ3) is 4.31. The molecule has 144 valence electrons. The Morgan fingerprint density at radius 1 is 1.24 bits per heavy atom. The summed E-state index contributed by atoms with van der Waals surface area (Å²) in [4.78, 5) is 22.7. The van der Waals surface area contributed by atoms with Gasteiger partial charge in [-0.2, -0.15) is 5.26 Å². The maximum absolute atomic E-state index is 12.4. The average Bonchev–Trinajstić information content (AvgIpc) is 3.16. The van der Waals surface area contributed by atoms with Crippen LogP contribution in [0.4, 0.5) is 11.4 Å². The van der Waals surface area contributed by atoms with Gasteiger partial charge in [0.2, 0.25) is 0 Å². The maximum atomic E-state index is 12.4. The van der Waals surface area contributed by atoms with Crippen LogP contribution >= 0.6 is 0 Å². The lowest BCUT2D eigenvalue weighted by Crippen LogP contribution is -2.14. The van der Waals surface area contributed by atoms with Crippen LogP contribution in [0.3, 0.4) is 0 Å². The normalized spacial score (nSPS) is 11.0. The first-order valence-corrected chi connectivity index (χ1v) is 8.45. The molecule has 0 unspecified atom stereocenters. The molecule has 0 fully saturated rings. The lowest BCUT2D eigenvalue weighted by atomic mass is 10.1. The van der Waals surface area contributed by atoms with E-state index in [2.05, 4.69) is 5.32 Å². The van der Waals surface area contributed by atoms with E-state index < -0.39 is 10.8 Å². The minimum absolute atomic E-state index is 0.127. The van der Waals surface area contributed by atoms with Gasteiger partial charge in [0, 0.05) is 23.9 Å². The first kappa shape index (κ1) is 19.4. The highest BCUT2D eigenvalue weighted by atomic mass is 16.6. The van der Waals surface area contributed by atoms with Gasteiger partial charge in [-0.25, -0.2) is 0 Å². The molecule has 0 spiro atoms. The molecule has 1 amide bonds. The lowest BCUT2D eigenvalue weighted by Gasteiger charge is -2.06. The van der Waals surface area contributed by atoms with Gasteiger partial charge in [-0.15, -0.1) is 0 Å². The van der Waals surface area contributed by atoms with Gasteiger partial charge in [-0.05, 0) is 36.8 Å². The van der Waals surface area contributed by atoms with Crippen molar-refractivity contribution in [1.82, 2.24) is 0 Å². The van der Waals surface area contributed by atoms with Crippen molar-refractivity contribution in [3.8, 4) is 23.1 Å². The van der Waals surface area contributed by atoms with Gasteiger partial charge in [0.25, 0.3) is 11.6 Å². The van der Waals surface area contributed by atoms with Crippen molar-refractivity contribution < 1.29 is 19.2 Å². The Bertz CT molecular complexity index is 1170. The zero-order chi connectivity index (χ0) is 21.0. The Labute approximate surface area is 165 Å². The highest BCUT2D eigenvalue weighted by Crippen LogP contribution is 2.34. The predicted molar refractivity (Wildman–Crippen MR) is 106 cm³/mol. The summed E-state index contributed by atoms with van der Waals surface area (Å²) >= 11 is 0. The number of non-ortho nitro benzene ring substituents is 1. The molecule has 2 N–H and O–H groups in total. The Balaban J connectivity index is 1.87. The number of aromatic hydroxyl groups is 1. The molecule has 3 aromatic rings. The number of carbonyl (C=O) groups excluding carboxylic acids is 1. The monoisotopic (exact) mass is 389 g/mol. The summed E-state index contributed by atoms with van der Waals surface area (Å²) < 4.78 is 5.55. The average molecular weight is 389 g/mol. The van der Waals surface area contributed by atoms with Crippen molar-refractivity contribution in [2.24, 2.45) is 0 Å². The molecular formula is C21H15N3O5. The fourth-order valence-corrected chi connectivity index (χ4v) is 2.60. The standard InChI is InChI=1S/C21H15N3O5/c1-13-4-2-3-5-18(13)23-21(26)14(12-22)10-16-7-9-20(29-16)17-11-15(24(27)28)6-8-19(17)25/h2-11,25H,1H3,(H,23,26)/b14-10-. The molecule has 0 aliphatic carbocycles. The van der Waals surface area contributed by atoms with Crippen LogP contribution in [-0.4, -0.2) is 15.9 Å². The number of hydrogen-bond acceptors (Lipinski definition) is 6. The van der Waals surface area contributed by atoms with Gasteiger partial charge in [0.15, 0.2) is 0 Å². The van der Waals surface area contributed by atoms with Crippen LogP contribution in [0.1, 0.15) is 11.3 Å². The van der Waals surface area contributed by atoms with E-state index in [9.17, 15) is 25.3 Å². The highest BCUT2D eigenvalue weighted by molar-refractivity contribution is 6.09. The van der Waals surface area contributed by atoms with E-state index in [1.807, 2.05) is 25.1 Å². The van der Waals surface area contributed by atoms with Gasteiger partial charge < -0.3 is 14.8 Å². The number of amides is 1. The van der Waals surface area contributed by atoms with E-state index in [1.54, 1.807) is 12.1 Å². The number of anilines is 1. The summed E-state index contributed by atoms with van der Waals surface area (Å²) in [6.45, 7) is 1.83. The molecule has 0 bridgehead atoms. The lowest BCUT2D eigenvalue weighted by molar-refractivity contribution is -0.384. The number of phenols is 1. The summed E-state index contributed by atoms with van der Waals surface area (Å²) in [5.41, 5.74) is 1.17. The Kier molecular flexibility index (Phi) is 5.42. The van der Waals surface area contributed by atoms with Crippen LogP contribution in [0, 0.1) is 28.4 Å². The number of hydrogen-bond donors (Lipinski definition) is 2. The molecule has 0 saturated carbocycles. The third-order valence-corrected chi connectivity index (χ3v) is 4.13. The van der Waals surface area contributed by atoms with E-state index in [0.717, 1.165) is 5.56 Å². The van der Waals surface area contributed by atoms with E-state index in [4.69, 9.17) is 4.42 Å². The number of phenolic OH excluding ortho intramolecular Hbond substituents is 1. The second kappa shape index (κ2) is 8.10. The molecule has 8 nitrogen and oxygen atoms in total. The van der Waals surface area contributed by atoms with Crippen molar-refractivity contribution in [1.29, 1.82) is 5.26 Å². The number of benzene rings is 2. The maximum Gasteiger partial charge on any atom is 0.270 e. The molecule has 29 heavy (non-hydrogen) atoms. The largest absolute Gasteiger partial charge is 0.507 e. The van der Waals surface area contributed by atoms with Crippen molar-refractivity contribution in [3.05, 3.63) is 81.6 Å². The van der Waals surface area contributed by atoms with Gasteiger partial charge in [-0.1, -0.05) is 18.2 Å². The second-order valence-electron chi connectivity index (χ2n) is 6.10. The highest BCUT2D eigenvalue weighted by Gasteiger charge is 2.16. The number of nitrogens with one attached hydrogen (secondary N) is 1. The van der Waals surface area contributed by atoms with E-state index in [0.29, 0.717) is 5.69 Å². The number of nitro groups is 1. The Morgan fingerprint density at radius 3 is 2.69 bits per heavy atom. The van der Waals surface area contributed by atoms with Gasteiger partial charge in [0.05, 0.1) is 10.5 Å². The van der Waals surface area contributed by atoms with Crippen molar-refractivity contribution in [2.45, 2.75) is 6.92 Å². The number of aryl methyl sites for hydroxylation is 1. The minimum Gasteiger partial charge on any atom is -0.507 e. The van der Waals surface area contributed by atoms with Crippen molar-refractivity contribution >= 4 is 23.4 Å². The number of furan rings is 1. The van der Waals surface area contributed by atoms with Crippen LogP contribution < -0.4 is 5.32 Å². The molecule has 0 saturated heterocycles. The number of para-hydroxylation sites is 1. The van der Waals surface area contributed by atoms with Gasteiger partial charge >= 0.3 is 0 Å². The number of nitrogens with zero attached hydrogens (tertiary/aromatic N) is 2. The molecule has 0 aliphatic heterocycles. The minimum atomic E-state index is -0.599. The van der Waals surface area contributed by atoms with E-state index in [-0.39, 0.29) is 34.1 Å². The number of nitro benzene ring substituents is 1. The van der Waals surface area contributed by atoms with Crippen LogP contribution in [0.25, 0.3) is 17.4 Å². The molecule has 0 radical (unpaired) electrons. The van der Waals surface area contributed by atoms with Crippen LogP contribution in [-0.2, 0) is 4.79 Å². The second-order valence-corrected chi connectivity index (χ2v) is 6.10. The summed E-state index contributed by atoms with van der Waals surface area (Å²) in [7, 11) is 0. The fraction of sp³-hybridized carbons (Fsp3) is 0.0476. The topological polar surface area (TPSA) is 129 Å². The molecule has 0 atom stereocenters. The number of carbonyl (C=O) groups is 1. The molecule has 2 aromatic carbocycles. The molecule has 3 rings (SSSR count). The predicted octanol–water partition coefficient (Wildman–Crippen LogP) is 4.41. The number of rotatable bonds is 5.